The Kier molecular flexibility index (Phi) is 5.10. The number of nitrogens with zero attached hydrogens (tertiary/aromatic N) is 4. The molecule has 1 aromatic heterocycles. The van der Waals surface area contributed by atoms with Crippen LogP contribution < -0.4 is 5.69 Å². The smallest absolute Gasteiger partial charge is 0.328 e. The Labute approximate surface area is 159 Å². The van der Waals surface area contributed by atoms with Crippen LogP contribution >= 0.6 is 0 Å². The van der Waals surface area contributed by atoms with E-state index in [2.05, 4.69) is 0 Å². The van der Waals surface area contributed by atoms with Gasteiger partial charge < -0.3 is 9.80 Å². The summed E-state index contributed by atoms with van der Waals surface area (Å²) in [6, 6.07) is 0. The van der Waals surface area contributed by atoms with Crippen molar-refractivity contribution in [3.05, 3.63) is 21.9 Å². The third-order valence-electron chi connectivity index (χ3n) is 6.53. The molecule has 0 aromatic carbocycles. The van der Waals surface area contributed by atoms with Gasteiger partial charge in [0, 0.05) is 45.7 Å². The molecule has 0 spiro atoms. The van der Waals surface area contributed by atoms with Gasteiger partial charge in [0.15, 0.2) is 0 Å². The minimum absolute atomic E-state index is 0.0602. The predicted molar refractivity (Wildman–Crippen MR) is 102 cm³/mol. The fourth-order valence-electron chi connectivity index (χ4n) is 4.91. The molecule has 2 fully saturated rings. The summed E-state index contributed by atoms with van der Waals surface area (Å²) in [7, 11) is 1.70. The van der Waals surface area contributed by atoms with Gasteiger partial charge in [-0.15, -0.1) is 0 Å². The minimum Gasteiger partial charge on any atom is -0.339 e. The van der Waals surface area contributed by atoms with Gasteiger partial charge in [0.2, 0.25) is 5.91 Å². The van der Waals surface area contributed by atoms with Crippen LogP contribution in [0.3, 0.4) is 0 Å². The normalized spacial score (nSPS) is 21.2. The molecule has 3 heterocycles. The van der Waals surface area contributed by atoms with Crippen LogP contribution in [0.15, 0.2) is 4.79 Å². The summed E-state index contributed by atoms with van der Waals surface area (Å²) in [4.78, 5) is 42.0. The zero-order valence-electron chi connectivity index (χ0n) is 16.3. The molecule has 2 amide bonds. The number of aromatic nitrogens is 2. The number of carbonyl (C=O) groups is 2. The third kappa shape index (κ3) is 3.32. The lowest BCUT2D eigenvalue weighted by atomic mass is 9.88. The van der Waals surface area contributed by atoms with Crippen molar-refractivity contribution in [2.24, 2.45) is 13.0 Å². The first-order valence-electron chi connectivity index (χ1n) is 10.4. The van der Waals surface area contributed by atoms with E-state index in [1.54, 1.807) is 11.6 Å². The molecule has 0 radical (unpaired) electrons. The van der Waals surface area contributed by atoms with E-state index in [0.29, 0.717) is 38.4 Å². The van der Waals surface area contributed by atoms with Crippen LogP contribution in [0.1, 0.15) is 61.1 Å². The number of piperazine rings is 1. The number of amides is 2. The zero-order valence-corrected chi connectivity index (χ0v) is 16.3. The van der Waals surface area contributed by atoms with Crippen LogP contribution in [-0.4, -0.2) is 56.9 Å². The first kappa shape index (κ1) is 18.3. The highest BCUT2D eigenvalue weighted by Gasteiger charge is 2.33. The Morgan fingerprint density at radius 2 is 1.52 bits per heavy atom. The third-order valence-corrected chi connectivity index (χ3v) is 6.53. The first-order valence-corrected chi connectivity index (χ1v) is 10.4. The van der Waals surface area contributed by atoms with Gasteiger partial charge in [-0.1, -0.05) is 19.3 Å². The van der Waals surface area contributed by atoms with E-state index in [1.165, 1.54) is 11.0 Å². The molecule has 7 nitrogen and oxygen atoms in total. The van der Waals surface area contributed by atoms with Gasteiger partial charge in [0.05, 0.1) is 5.69 Å². The number of rotatable bonds is 2. The monoisotopic (exact) mass is 374 g/mol. The van der Waals surface area contributed by atoms with Gasteiger partial charge in [-0.05, 0) is 32.1 Å². The van der Waals surface area contributed by atoms with Crippen molar-refractivity contribution in [2.45, 2.75) is 57.9 Å². The van der Waals surface area contributed by atoms with Crippen LogP contribution in [0.4, 0.5) is 0 Å². The highest BCUT2D eigenvalue weighted by atomic mass is 16.2. The molecule has 3 aliphatic rings. The molecule has 27 heavy (non-hydrogen) atoms. The predicted octanol–water partition coefficient (Wildman–Crippen LogP) is 1.39. The molecule has 148 valence electrons. The summed E-state index contributed by atoms with van der Waals surface area (Å²) in [5.74, 6) is 0.394. The maximum atomic E-state index is 13.1. The largest absolute Gasteiger partial charge is 0.339 e. The number of fused-ring (bicyclic) bond motifs is 1. The lowest BCUT2D eigenvalue weighted by molar-refractivity contribution is -0.138. The Hall–Kier alpha value is -2.05. The van der Waals surface area contributed by atoms with Gasteiger partial charge in [-0.3, -0.25) is 18.7 Å². The van der Waals surface area contributed by atoms with E-state index in [4.69, 9.17) is 0 Å². The molecule has 7 heteroatoms. The van der Waals surface area contributed by atoms with Crippen molar-refractivity contribution < 1.29 is 9.59 Å². The summed E-state index contributed by atoms with van der Waals surface area (Å²) in [6.07, 6.45) is 8.38. The Morgan fingerprint density at radius 3 is 2.22 bits per heavy atom. The molecular weight excluding hydrogens is 344 g/mol. The van der Waals surface area contributed by atoms with Gasteiger partial charge in [0.25, 0.3) is 5.91 Å². The molecular formula is C20H30N4O3. The molecule has 1 saturated carbocycles. The van der Waals surface area contributed by atoms with E-state index in [9.17, 15) is 14.4 Å². The van der Waals surface area contributed by atoms with Crippen LogP contribution in [0.5, 0.6) is 0 Å². The molecule has 1 aliphatic carbocycles. The summed E-state index contributed by atoms with van der Waals surface area (Å²) in [5.41, 5.74) is 1.35. The van der Waals surface area contributed by atoms with Gasteiger partial charge >= 0.3 is 5.69 Å². The summed E-state index contributed by atoms with van der Waals surface area (Å²) < 4.78 is 3.28. The molecule has 0 unspecified atom stereocenters. The molecule has 4 rings (SSSR count). The average Bonchev–Trinajstić information content (AvgIpc) is 2.98. The van der Waals surface area contributed by atoms with Gasteiger partial charge in [0.1, 0.15) is 5.69 Å². The van der Waals surface area contributed by atoms with Crippen LogP contribution in [-0.2, 0) is 24.8 Å². The SMILES string of the molecule is Cn1c(C(=O)N2CCN(C(=O)C3CCCCC3)CC2)c2n(c1=O)CCCC2. The Balaban J connectivity index is 1.44. The Morgan fingerprint density at radius 1 is 0.852 bits per heavy atom. The van der Waals surface area contributed by atoms with Crippen molar-refractivity contribution in [3.8, 4) is 0 Å². The highest BCUT2D eigenvalue weighted by Crippen LogP contribution is 2.26. The van der Waals surface area contributed by atoms with Crippen molar-refractivity contribution in [1.29, 1.82) is 0 Å². The van der Waals surface area contributed by atoms with Gasteiger partial charge in [-0.2, -0.15) is 0 Å². The fraction of sp³-hybridized carbons (Fsp3) is 0.750. The molecule has 1 saturated heterocycles. The van der Waals surface area contributed by atoms with Gasteiger partial charge in [-0.25, -0.2) is 4.79 Å². The Bertz CT molecular complexity index is 780. The molecule has 1 aromatic rings. The molecule has 0 atom stereocenters. The quantitative estimate of drug-likeness (QED) is 0.786. The van der Waals surface area contributed by atoms with Crippen molar-refractivity contribution in [3.63, 3.8) is 0 Å². The average molecular weight is 374 g/mol. The zero-order chi connectivity index (χ0) is 19.0. The van der Waals surface area contributed by atoms with E-state index < -0.39 is 0 Å². The van der Waals surface area contributed by atoms with E-state index in [1.807, 2.05) is 9.80 Å². The first-order chi connectivity index (χ1) is 13.1. The van der Waals surface area contributed by atoms with Crippen molar-refractivity contribution in [2.75, 3.05) is 26.2 Å². The summed E-state index contributed by atoms with van der Waals surface area (Å²) in [5, 5.41) is 0. The number of hydrogen-bond donors (Lipinski definition) is 0. The van der Waals surface area contributed by atoms with E-state index >= 15 is 0 Å². The molecule has 0 bridgehead atoms. The number of carbonyl (C=O) groups excluding carboxylic acids is 2. The maximum Gasteiger partial charge on any atom is 0.328 e. The van der Waals surface area contributed by atoms with Crippen molar-refractivity contribution in [1.82, 2.24) is 18.9 Å². The maximum absolute atomic E-state index is 13.1. The second-order valence-electron chi connectivity index (χ2n) is 8.20. The second kappa shape index (κ2) is 7.52. The fourth-order valence-corrected chi connectivity index (χ4v) is 4.91. The second-order valence-corrected chi connectivity index (χ2v) is 8.20. The minimum atomic E-state index is -0.0841. The lowest BCUT2D eigenvalue weighted by Crippen LogP contribution is -2.52. The number of imidazole rings is 1. The van der Waals surface area contributed by atoms with Crippen LogP contribution in [0.2, 0.25) is 0 Å². The lowest BCUT2D eigenvalue weighted by Gasteiger charge is -2.37. The topological polar surface area (TPSA) is 67.6 Å². The standard InChI is InChI=1S/C20H30N4O3/c1-21-17(16-9-5-6-10-24(16)20(21)27)19(26)23-13-11-22(12-14-23)18(25)15-7-3-2-4-8-15/h15H,2-14H2,1H3. The van der Waals surface area contributed by atoms with Crippen molar-refractivity contribution >= 4 is 11.8 Å². The van der Waals surface area contributed by atoms with Crippen LogP contribution in [0, 0.1) is 5.92 Å². The number of hydrogen-bond acceptors (Lipinski definition) is 3. The summed E-state index contributed by atoms with van der Waals surface area (Å²) >= 11 is 0. The van der Waals surface area contributed by atoms with E-state index in [-0.39, 0.29) is 23.4 Å². The molecule has 2 aliphatic heterocycles. The summed E-state index contributed by atoms with van der Waals surface area (Å²) in [6.45, 7) is 3.02. The molecule has 0 N–H and O–H groups in total. The highest BCUT2D eigenvalue weighted by molar-refractivity contribution is 5.94. The van der Waals surface area contributed by atoms with Crippen LogP contribution in [0.25, 0.3) is 0 Å². The van der Waals surface area contributed by atoms with E-state index in [0.717, 1.165) is 50.6 Å².